The summed E-state index contributed by atoms with van der Waals surface area (Å²) in [6.07, 6.45) is -1.39. The van der Waals surface area contributed by atoms with Crippen LogP contribution in [0.4, 0.5) is 36.2 Å². The normalized spacial score (nSPS) is 14.2. The van der Waals surface area contributed by atoms with E-state index >= 15 is 0 Å². The van der Waals surface area contributed by atoms with Crippen LogP contribution in [0.3, 0.4) is 0 Å². The van der Waals surface area contributed by atoms with Gasteiger partial charge in [0.15, 0.2) is 5.11 Å². The summed E-state index contributed by atoms with van der Waals surface area (Å²) in [5, 5.41) is 7.12. The number of anilines is 4. The van der Waals surface area contributed by atoms with Gasteiger partial charge in [0.05, 0.1) is 17.4 Å². The summed E-state index contributed by atoms with van der Waals surface area (Å²) in [6.45, 7) is 1.88. The molecule has 0 aliphatic carbocycles. The van der Waals surface area contributed by atoms with Crippen LogP contribution in [0.5, 0.6) is 0 Å². The van der Waals surface area contributed by atoms with Crippen molar-refractivity contribution in [2.75, 3.05) is 46.6 Å². The smallest absolute Gasteiger partial charge is 0.353 e. The Bertz CT molecular complexity index is 1120. The molecule has 1 aliphatic rings. The van der Waals surface area contributed by atoms with Crippen molar-refractivity contribution in [1.29, 1.82) is 0 Å². The minimum absolute atomic E-state index is 0.0297. The summed E-state index contributed by atoms with van der Waals surface area (Å²) >= 11 is 11.3. The topological polar surface area (TPSA) is 56.3 Å². The van der Waals surface area contributed by atoms with Crippen LogP contribution in [0.25, 0.3) is 0 Å². The highest BCUT2D eigenvalue weighted by atomic mass is 35.5. The lowest BCUT2D eigenvalue weighted by molar-refractivity contribution is -0.137. The SMILES string of the molecule is FC(F)(F)c1cccnc1N1CCN(c2ccc(NC(=S)Nc3cccc(Cl)c3)cn2)CC1. The fourth-order valence-electron chi connectivity index (χ4n) is 3.52. The number of halogens is 4. The molecule has 1 fully saturated rings. The van der Waals surface area contributed by atoms with Gasteiger partial charge in [-0.25, -0.2) is 9.97 Å². The van der Waals surface area contributed by atoms with Crippen molar-refractivity contribution in [3.05, 3.63) is 71.5 Å². The number of hydrogen-bond donors (Lipinski definition) is 2. The Morgan fingerprint density at radius 3 is 2.30 bits per heavy atom. The molecular weight excluding hydrogens is 473 g/mol. The van der Waals surface area contributed by atoms with Crippen LogP contribution in [-0.2, 0) is 6.18 Å². The van der Waals surface area contributed by atoms with Gasteiger partial charge in [0.2, 0.25) is 0 Å². The van der Waals surface area contributed by atoms with Crippen molar-refractivity contribution in [2.24, 2.45) is 0 Å². The van der Waals surface area contributed by atoms with E-state index < -0.39 is 11.7 Å². The van der Waals surface area contributed by atoms with Gasteiger partial charge in [-0.3, -0.25) is 0 Å². The number of piperazine rings is 1. The van der Waals surface area contributed by atoms with Crippen LogP contribution in [0.15, 0.2) is 60.9 Å². The Balaban J connectivity index is 1.34. The first-order valence-electron chi connectivity index (χ1n) is 10.1. The van der Waals surface area contributed by atoms with Gasteiger partial charge >= 0.3 is 6.18 Å². The van der Waals surface area contributed by atoms with Crippen molar-refractivity contribution in [2.45, 2.75) is 6.18 Å². The summed E-state index contributed by atoms with van der Waals surface area (Å²) in [4.78, 5) is 12.1. The fraction of sp³-hybridized carbons (Fsp3) is 0.227. The van der Waals surface area contributed by atoms with E-state index in [1.54, 1.807) is 23.2 Å². The van der Waals surface area contributed by atoms with Gasteiger partial charge in [0.1, 0.15) is 11.6 Å². The van der Waals surface area contributed by atoms with Crippen LogP contribution in [0.1, 0.15) is 5.56 Å². The van der Waals surface area contributed by atoms with E-state index in [0.717, 1.165) is 17.6 Å². The van der Waals surface area contributed by atoms with Gasteiger partial charge in [0, 0.05) is 43.1 Å². The first kappa shape index (κ1) is 23.1. The van der Waals surface area contributed by atoms with Gasteiger partial charge in [-0.05, 0) is 54.7 Å². The molecule has 0 unspecified atom stereocenters. The number of nitrogens with one attached hydrogen (secondary N) is 2. The third kappa shape index (κ3) is 5.82. The van der Waals surface area contributed by atoms with Crippen LogP contribution < -0.4 is 20.4 Å². The quantitative estimate of drug-likeness (QED) is 0.480. The third-order valence-corrected chi connectivity index (χ3v) is 5.52. The zero-order valence-corrected chi connectivity index (χ0v) is 18.9. The lowest BCUT2D eigenvalue weighted by atomic mass is 10.2. The van der Waals surface area contributed by atoms with Crippen LogP contribution in [-0.4, -0.2) is 41.3 Å². The van der Waals surface area contributed by atoms with E-state index in [9.17, 15) is 13.2 Å². The van der Waals surface area contributed by atoms with Crippen molar-refractivity contribution in [3.8, 4) is 0 Å². The first-order valence-corrected chi connectivity index (χ1v) is 10.9. The van der Waals surface area contributed by atoms with E-state index in [1.165, 1.54) is 12.3 Å². The summed E-state index contributed by atoms with van der Waals surface area (Å²) in [5.41, 5.74) is 0.763. The number of aromatic nitrogens is 2. The van der Waals surface area contributed by atoms with E-state index in [2.05, 4.69) is 20.6 Å². The van der Waals surface area contributed by atoms with Crippen molar-refractivity contribution >= 4 is 51.9 Å². The molecule has 0 atom stereocenters. The number of pyridine rings is 2. The van der Waals surface area contributed by atoms with E-state index in [-0.39, 0.29) is 5.82 Å². The van der Waals surface area contributed by atoms with E-state index in [0.29, 0.717) is 42.0 Å². The Morgan fingerprint density at radius 2 is 1.64 bits per heavy atom. The second-order valence-electron chi connectivity index (χ2n) is 7.34. The molecule has 0 saturated carbocycles. The largest absolute Gasteiger partial charge is 0.419 e. The summed E-state index contributed by atoms with van der Waals surface area (Å²) in [5.74, 6) is 0.712. The number of alkyl halides is 3. The molecule has 4 rings (SSSR count). The third-order valence-electron chi connectivity index (χ3n) is 5.08. The maximum Gasteiger partial charge on any atom is 0.419 e. The molecule has 2 aromatic heterocycles. The molecule has 0 radical (unpaired) electrons. The van der Waals surface area contributed by atoms with E-state index in [4.69, 9.17) is 23.8 Å². The second kappa shape index (κ2) is 9.80. The molecule has 0 amide bonds. The Labute approximate surface area is 199 Å². The molecule has 0 spiro atoms. The highest BCUT2D eigenvalue weighted by molar-refractivity contribution is 7.80. The number of nitrogens with zero attached hydrogens (tertiary/aromatic N) is 4. The predicted molar refractivity (Wildman–Crippen MR) is 129 cm³/mol. The molecular formula is C22H20ClF3N6S. The second-order valence-corrected chi connectivity index (χ2v) is 8.19. The fourth-order valence-corrected chi connectivity index (χ4v) is 3.95. The van der Waals surface area contributed by atoms with Crippen LogP contribution in [0.2, 0.25) is 5.02 Å². The number of thiocarbonyl (C=S) groups is 1. The van der Waals surface area contributed by atoms with Gasteiger partial charge in [0.25, 0.3) is 0 Å². The lowest BCUT2D eigenvalue weighted by Crippen LogP contribution is -2.47. The van der Waals surface area contributed by atoms with Gasteiger partial charge in [-0.1, -0.05) is 17.7 Å². The highest BCUT2D eigenvalue weighted by Gasteiger charge is 2.36. The van der Waals surface area contributed by atoms with E-state index in [1.807, 2.05) is 29.2 Å². The Morgan fingerprint density at radius 1 is 0.909 bits per heavy atom. The maximum atomic E-state index is 13.3. The number of benzene rings is 1. The summed E-state index contributed by atoms with van der Waals surface area (Å²) in [7, 11) is 0. The first-order chi connectivity index (χ1) is 15.8. The Kier molecular flexibility index (Phi) is 6.85. The molecule has 1 saturated heterocycles. The molecule has 3 aromatic rings. The van der Waals surface area contributed by atoms with Crippen LogP contribution in [0, 0.1) is 0 Å². The Hall–Kier alpha value is -3.11. The number of hydrogen-bond acceptors (Lipinski definition) is 5. The summed E-state index contributed by atoms with van der Waals surface area (Å²) in [6, 6.07) is 13.3. The zero-order valence-electron chi connectivity index (χ0n) is 17.3. The number of rotatable bonds is 4. The minimum Gasteiger partial charge on any atom is -0.353 e. The molecule has 3 heterocycles. The average molecular weight is 493 g/mol. The average Bonchev–Trinajstić information content (AvgIpc) is 2.79. The molecule has 6 nitrogen and oxygen atoms in total. The van der Waals surface area contributed by atoms with Gasteiger partial charge in [-0.15, -0.1) is 0 Å². The maximum absolute atomic E-state index is 13.3. The monoisotopic (exact) mass is 492 g/mol. The highest BCUT2D eigenvalue weighted by Crippen LogP contribution is 2.35. The standard InChI is InChI=1S/C22H20ClF3N6S/c23-15-3-1-4-16(13-15)29-21(33)30-17-6-7-19(28-14-17)31-9-11-32(12-10-31)20-18(22(24,25)26)5-2-8-27-20/h1-8,13-14H,9-12H2,(H2,29,30,33). The molecule has 1 aliphatic heterocycles. The molecule has 2 N–H and O–H groups in total. The summed E-state index contributed by atoms with van der Waals surface area (Å²) < 4.78 is 39.9. The molecule has 172 valence electrons. The molecule has 1 aromatic carbocycles. The zero-order chi connectivity index (χ0) is 23.4. The lowest BCUT2D eigenvalue weighted by Gasteiger charge is -2.36. The predicted octanol–water partition coefficient (Wildman–Crippen LogP) is 5.28. The molecule has 33 heavy (non-hydrogen) atoms. The molecule has 0 bridgehead atoms. The molecule has 11 heteroatoms. The van der Waals surface area contributed by atoms with Crippen LogP contribution >= 0.6 is 23.8 Å². The minimum atomic E-state index is -4.44. The van der Waals surface area contributed by atoms with Gasteiger partial charge in [-0.2, -0.15) is 13.2 Å². The van der Waals surface area contributed by atoms with Crippen molar-refractivity contribution < 1.29 is 13.2 Å². The van der Waals surface area contributed by atoms with Crippen molar-refractivity contribution in [3.63, 3.8) is 0 Å². The van der Waals surface area contributed by atoms with Crippen molar-refractivity contribution in [1.82, 2.24) is 9.97 Å². The van der Waals surface area contributed by atoms with Gasteiger partial charge < -0.3 is 20.4 Å².